The Morgan fingerprint density at radius 3 is 2.37 bits per heavy atom. The van der Waals surface area contributed by atoms with E-state index in [9.17, 15) is 23.0 Å². The maximum atomic E-state index is 13.8. The molecule has 0 spiro atoms. The van der Waals surface area contributed by atoms with Crippen LogP contribution in [-0.2, 0) is 10.0 Å². The molecule has 0 aliphatic carbocycles. The van der Waals surface area contributed by atoms with Crippen LogP contribution in [-0.4, -0.2) is 48.2 Å². The number of aliphatic hydroxyl groups is 2. The molecular formula is C10H12ClFN2O4S. The molecule has 0 radical (unpaired) electrons. The highest BCUT2D eigenvalue weighted by atomic mass is 35.5. The van der Waals surface area contributed by atoms with Gasteiger partial charge in [-0.1, -0.05) is 11.6 Å². The van der Waals surface area contributed by atoms with E-state index < -0.39 is 32.9 Å². The molecule has 0 unspecified atom stereocenters. The highest BCUT2D eigenvalue weighted by Gasteiger charge is 2.39. The zero-order valence-electron chi connectivity index (χ0n) is 9.62. The molecule has 2 atom stereocenters. The van der Waals surface area contributed by atoms with Gasteiger partial charge in [-0.15, -0.1) is 0 Å². The van der Waals surface area contributed by atoms with Gasteiger partial charge in [-0.2, -0.15) is 4.31 Å². The van der Waals surface area contributed by atoms with Gasteiger partial charge in [0.25, 0.3) is 0 Å². The first-order valence-corrected chi connectivity index (χ1v) is 7.16. The molecule has 1 aliphatic rings. The van der Waals surface area contributed by atoms with Crippen molar-refractivity contribution in [3.63, 3.8) is 0 Å². The molecule has 0 amide bonds. The summed E-state index contributed by atoms with van der Waals surface area (Å²) in [5.74, 6) is -1.10. The van der Waals surface area contributed by atoms with E-state index in [2.05, 4.69) is 0 Å². The van der Waals surface area contributed by atoms with Crippen LogP contribution >= 0.6 is 11.6 Å². The molecule has 1 aliphatic heterocycles. The Morgan fingerprint density at radius 2 is 1.84 bits per heavy atom. The standard InChI is InChI=1S/C10H12ClFN2O4S/c11-5-1-6(13)10(12)9(2-5)19(17,18)14-3-7(15)8(16)4-14/h1-2,7-8,15-16H,3-4,13H2/t7-,8+. The Kier molecular flexibility index (Phi) is 3.72. The summed E-state index contributed by atoms with van der Waals surface area (Å²) in [6, 6.07) is 2.04. The monoisotopic (exact) mass is 310 g/mol. The maximum absolute atomic E-state index is 13.8. The van der Waals surface area contributed by atoms with Crippen LogP contribution in [0.4, 0.5) is 10.1 Å². The van der Waals surface area contributed by atoms with Crippen molar-refractivity contribution in [2.75, 3.05) is 18.8 Å². The van der Waals surface area contributed by atoms with Crippen LogP contribution in [0.25, 0.3) is 0 Å². The Hall–Kier alpha value is -0.930. The van der Waals surface area contributed by atoms with Gasteiger partial charge in [-0.25, -0.2) is 12.8 Å². The number of benzene rings is 1. The van der Waals surface area contributed by atoms with Gasteiger partial charge in [-0.05, 0) is 12.1 Å². The minimum absolute atomic E-state index is 0.0160. The Labute approximate surface area is 114 Å². The number of β-amino-alcohol motifs (C(OH)–C–C–N with tert-alkyl or cyclic N) is 2. The number of nitrogens with two attached hydrogens (primary N) is 1. The van der Waals surface area contributed by atoms with Gasteiger partial charge in [0.15, 0.2) is 5.82 Å². The zero-order chi connectivity index (χ0) is 14.4. The molecule has 0 saturated carbocycles. The Morgan fingerprint density at radius 1 is 1.32 bits per heavy atom. The lowest BCUT2D eigenvalue weighted by molar-refractivity contribution is 0.0572. The van der Waals surface area contributed by atoms with Crippen LogP contribution in [0.1, 0.15) is 0 Å². The molecule has 1 saturated heterocycles. The number of rotatable bonds is 2. The van der Waals surface area contributed by atoms with Crippen molar-refractivity contribution in [1.82, 2.24) is 4.31 Å². The third-order valence-electron chi connectivity index (χ3n) is 2.88. The van der Waals surface area contributed by atoms with Gasteiger partial charge in [0.2, 0.25) is 10.0 Å². The number of halogens is 2. The predicted molar refractivity (Wildman–Crippen MR) is 66.6 cm³/mol. The molecule has 0 bridgehead atoms. The van der Waals surface area contributed by atoms with E-state index in [0.717, 1.165) is 16.4 Å². The molecule has 4 N–H and O–H groups in total. The smallest absolute Gasteiger partial charge is 0.246 e. The fraction of sp³-hybridized carbons (Fsp3) is 0.400. The first kappa shape index (κ1) is 14.5. The molecule has 1 aromatic rings. The number of sulfonamides is 1. The van der Waals surface area contributed by atoms with Crippen LogP contribution in [0, 0.1) is 5.82 Å². The summed E-state index contributed by atoms with van der Waals surface area (Å²) in [6.07, 6.45) is -2.40. The van der Waals surface area contributed by atoms with Gasteiger partial charge < -0.3 is 15.9 Å². The highest BCUT2D eigenvalue weighted by Crippen LogP contribution is 2.29. The van der Waals surface area contributed by atoms with Gasteiger partial charge in [0.05, 0.1) is 17.9 Å². The minimum Gasteiger partial charge on any atom is -0.396 e. The minimum atomic E-state index is -4.21. The molecule has 9 heteroatoms. The topological polar surface area (TPSA) is 104 Å². The van der Waals surface area contributed by atoms with Crippen molar-refractivity contribution < 1.29 is 23.0 Å². The lowest BCUT2D eigenvalue weighted by Gasteiger charge is -2.16. The number of aliphatic hydroxyl groups excluding tert-OH is 2. The molecular weight excluding hydrogens is 299 g/mol. The van der Waals surface area contributed by atoms with Crippen molar-refractivity contribution in [2.24, 2.45) is 0 Å². The summed E-state index contributed by atoms with van der Waals surface area (Å²) in [5, 5.41) is 18.7. The summed E-state index contributed by atoms with van der Waals surface area (Å²) in [7, 11) is -4.21. The fourth-order valence-electron chi connectivity index (χ4n) is 1.84. The number of nitrogen functional groups attached to an aromatic ring is 1. The van der Waals surface area contributed by atoms with E-state index in [1.54, 1.807) is 0 Å². The van der Waals surface area contributed by atoms with Gasteiger partial charge in [0, 0.05) is 18.1 Å². The van der Waals surface area contributed by atoms with Crippen molar-refractivity contribution in [1.29, 1.82) is 0 Å². The number of hydrogen-bond donors (Lipinski definition) is 3. The molecule has 2 rings (SSSR count). The van der Waals surface area contributed by atoms with Crippen LogP contribution in [0.3, 0.4) is 0 Å². The maximum Gasteiger partial charge on any atom is 0.246 e. The highest BCUT2D eigenvalue weighted by molar-refractivity contribution is 7.89. The van der Waals surface area contributed by atoms with Crippen molar-refractivity contribution >= 4 is 27.3 Å². The normalized spacial score (nSPS) is 24.8. The number of nitrogens with zero attached hydrogens (tertiary/aromatic N) is 1. The summed E-state index contributed by atoms with van der Waals surface area (Å²) in [6.45, 7) is -0.620. The average Bonchev–Trinajstić information content (AvgIpc) is 2.65. The van der Waals surface area contributed by atoms with E-state index in [4.69, 9.17) is 17.3 Å². The third-order valence-corrected chi connectivity index (χ3v) is 4.92. The van der Waals surface area contributed by atoms with Crippen LogP contribution in [0.5, 0.6) is 0 Å². The molecule has 1 aromatic carbocycles. The number of anilines is 1. The van der Waals surface area contributed by atoms with E-state index >= 15 is 0 Å². The van der Waals surface area contributed by atoms with Crippen molar-refractivity contribution in [3.8, 4) is 0 Å². The van der Waals surface area contributed by atoms with E-state index in [1.165, 1.54) is 0 Å². The summed E-state index contributed by atoms with van der Waals surface area (Å²) in [4.78, 5) is -0.668. The Bertz CT molecular complexity index is 600. The SMILES string of the molecule is Nc1cc(Cl)cc(S(=O)(=O)N2C[C@@H](O)[C@@H](O)C2)c1F. The van der Waals surface area contributed by atoms with Gasteiger partial charge in [-0.3, -0.25) is 0 Å². The molecule has 6 nitrogen and oxygen atoms in total. The molecule has 19 heavy (non-hydrogen) atoms. The van der Waals surface area contributed by atoms with E-state index in [-0.39, 0.29) is 23.8 Å². The van der Waals surface area contributed by atoms with E-state index in [0.29, 0.717) is 0 Å². The van der Waals surface area contributed by atoms with Crippen molar-refractivity contribution in [3.05, 3.63) is 23.0 Å². The molecule has 1 fully saturated rings. The summed E-state index contributed by atoms with van der Waals surface area (Å²) in [5.41, 5.74) is 4.95. The van der Waals surface area contributed by atoms with Gasteiger partial charge in [0.1, 0.15) is 4.90 Å². The zero-order valence-corrected chi connectivity index (χ0v) is 11.2. The van der Waals surface area contributed by atoms with Gasteiger partial charge >= 0.3 is 0 Å². The predicted octanol–water partition coefficient (Wildman–Crippen LogP) is -0.213. The Balaban J connectivity index is 2.46. The van der Waals surface area contributed by atoms with E-state index in [1.807, 2.05) is 0 Å². The first-order chi connectivity index (χ1) is 8.73. The van der Waals surface area contributed by atoms with Crippen molar-refractivity contribution in [2.45, 2.75) is 17.1 Å². The fourth-order valence-corrected chi connectivity index (χ4v) is 3.73. The molecule has 106 valence electrons. The summed E-state index contributed by atoms with van der Waals surface area (Å²) >= 11 is 5.66. The second-order valence-electron chi connectivity index (χ2n) is 4.26. The quantitative estimate of drug-likeness (QED) is 0.656. The molecule has 0 aromatic heterocycles. The largest absolute Gasteiger partial charge is 0.396 e. The summed E-state index contributed by atoms with van der Waals surface area (Å²) < 4.78 is 39.0. The van der Waals surface area contributed by atoms with Crippen LogP contribution < -0.4 is 5.73 Å². The average molecular weight is 311 g/mol. The lowest BCUT2D eigenvalue weighted by Crippen LogP contribution is -2.30. The number of hydrogen-bond acceptors (Lipinski definition) is 5. The second kappa shape index (κ2) is 4.88. The third kappa shape index (κ3) is 2.54. The first-order valence-electron chi connectivity index (χ1n) is 5.34. The second-order valence-corrected chi connectivity index (χ2v) is 6.61. The van der Waals surface area contributed by atoms with Crippen LogP contribution in [0.15, 0.2) is 17.0 Å². The molecule has 1 heterocycles. The van der Waals surface area contributed by atoms with Crippen LogP contribution in [0.2, 0.25) is 5.02 Å². The lowest BCUT2D eigenvalue weighted by atomic mass is 10.3.